The first-order valence-corrected chi connectivity index (χ1v) is 7.17. The van der Waals surface area contributed by atoms with Gasteiger partial charge in [0.1, 0.15) is 0 Å². The minimum atomic E-state index is 0.261. The van der Waals surface area contributed by atoms with Gasteiger partial charge in [0.15, 0.2) is 0 Å². The molecular formula is C14H23BrN2. The van der Waals surface area contributed by atoms with Crippen LogP contribution in [0.3, 0.4) is 0 Å². The molecular weight excluding hydrogens is 276 g/mol. The minimum absolute atomic E-state index is 0.261. The highest BCUT2D eigenvalue weighted by Crippen LogP contribution is 2.12. The van der Waals surface area contributed by atoms with Gasteiger partial charge in [0.05, 0.1) is 0 Å². The lowest BCUT2D eigenvalue weighted by molar-refractivity contribution is 0.290. The molecule has 2 nitrogen and oxygen atoms in total. The number of hydrogen-bond donors (Lipinski definition) is 1. The molecule has 0 aliphatic carbocycles. The summed E-state index contributed by atoms with van der Waals surface area (Å²) < 4.78 is 1.12. The number of benzene rings is 1. The summed E-state index contributed by atoms with van der Waals surface area (Å²) in [4.78, 5) is 2.42. The molecule has 0 fully saturated rings. The molecule has 2 N–H and O–H groups in total. The van der Waals surface area contributed by atoms with E-state index in [0.717, 1.165) is 36.9 Å². The lowest BCUT2D eigenvalue weighted by Crippen LogP contribution is -2.31. The Kier molecular flexibility index (Phi) is 6.78. The topological polar surface area (TPSA) is 29.3 Å². The SMILES string of the molecule is CCN(CC)CCC(N)Cc1ccc(Br)cc1. The number of nitrogens with two attached hydrogens (primary N) is 1. The number of hydrogen-bond acceptors (Lipinski definition) is 2. The van der Waals surface area contributed by atoms with Crippen LogP contribution >= 0.6 is 15.9 Å². The molecule has 1 unspecified atom stereocenters. The maximum absolute atomic E-state index is 6.16. The third kappa shape index (κ3) is 5.66. The third-order valence-electron chi connectivity index (χ3n) is 3.12. The summed E-state index contributed by atoms with van der Waals surface area (Å²) in [7, 11) is 0. The van der Waals surface area contributed by atoms with Crippen molar-refractivity contribution in [2.75, 3.05) is 19.6 Å². The van der Waals surface area contributed by atoms with Crippen LogP contribution < -0.4 is 5.73 Å². The van der Waals surface area contributed by atoms with Crippen LogP contribution in [0.25, 0.3) is 0 Å². The van der Waals surface area contributed by atoms with Crippen molar-refractivity contribution >= 4 is 15.9 Å². The zero-order valence-corrected chi connectivity index (χ0v) is 12.4. The number of halogens is 1. The van der Waals surface area contributed by atoms with Gasteiger partial charge in [0.2, 0.25) is 0 Å². The quantitative estimate of drug-likeness (QED) is 0.838. The van der Waals surface area contributed by atoms with Gasteiger partial charge in [0.25, 0.3) is 0 Å². The summed E-state index contributed by atoms with van der Waals surface area (Å²) in [6, 6.07) is 8.69. The second-order valence-electron chi connectivity index (χ2n) is 4.41. The van der Waals surface area contributed by atoms with Gasteiger partial charge in [-0.3, -0.25) is 0 Å². The number of rotatable bonds is 7. The lowest BCUT2D eigenvalue weighted by atomic mass is 10.0. The molecule has 0 saturated heterocycles. The number of nitrogens with zero attached hydrogens (tertiary/aromatic N) is 1. The summed E-state index contributed by atoms with van der Waals surface area (Å²) in [5.74, 6) is 0. The van der Waals surface area contributed by atoms with Gasteiger partial charge in [-0.05, 0) is 50.2 Å². The molecule has 1 aromatic rings. The van der Waals surface area contributed by atoms with Crippen molar-refractivity contribution in [3.63, 3.8) is 0 Å². The zero-order chi connectivity index (χ0) is 12.7. The Morgan fingerprint density at radius 1 is 1.18 bits per heavy atom. The molecule has 3 heteroatoms. The van der Waals surface area contributed by atoms with Gasteiger partial charge in [-0.15, -0.1) is 0 Å². The predicted molar refractivity (Wildman–Crippen MR) is 78.2 cm³/mol. The van der Waals surface area contributed by atoms with Crippen LogP contribution in [0.2, 0.25) is 0 Å². The lowest BCUT2D eigenvalue weighted by Gasteiger charge is -2.20. The molecule has 0 aliphatic heterocycles. The monoisotopic (exact) mass is 298 g/mol. The highest BCUT2D eigenvalue weighted by Gasteiger charge is 2.06. The summed E-state index contributed by atoms with van der Waals surface area (Å²) >= 11 is 3.44. The third-order valence-corrected chi connectivity index (χ3v) is 3.65. The fourth-order valence-corrected chi connectivity index (χ4v) is 2.18. The van der Waals surface area contributed by atoms with Crippen molar-refractivity contribution in [3.05, 3.63) is 34.3 Å². The van der Waals surface area contributed by atoms with E-state index in [1.54, 1.807) is 0 Å². The molecule has 0 bridgehead atoms. The van der Waals surface area contributed by atoms with E-state index in [1.807, 2.05) is 0 Å². The van der Waals surface area contributed by atoms with Crippen molar-refractivity contribution in [1.29, 1.82) is 0 Å². The molecule has 1 aromatic carbocycles. The molecule has 0 aliphatic rings. The molecule has 0 spiro atoms. The van der Waals surface area contributed by atoms with Gasteiger partial charge in [-0.1, -0.05) is 41.9 Å². The van der Waals surface area contributed by atoms with Crippen LogP contribution in [0.1, 0.15) is 25.8 Å². The first kappa shape index (κ1) is 14.7. The smallest absolute Gasteiger partial charge is 0.0175 e. The summed E-state index contributed by atoms with van der Waals surface area (Å²) in [5, 5.41) is 0. The van der Waals surface area contributed by atoms with Crippen molar-refractivity contribution in [1.82, 2.24) is 4.90 Å². The maximum atomic E-state index is 6.16. The van der Waals surface area contributed by atoms with E-state index in [9.17, 15) is 0 Å². The molecule has 0 saturated carbocycles. The summed E-state index contributed by atoms with van der Waals surface area (Å²) in [6.45, 7) is 7.72. The Morgan fingerprint density at radius 3 is 2.29 bits per heavy atom. The van der Waals surface area contributed by atoms with Gasteiger partial charge in [-0.2, -0.15) is 0 Å². The Morgan fingerprint density at radius 2 is 1.76 bits per heavy atom. The van der Waals surface area contributed by atoms with E-state index in [0.29, 0.717) is 0 Å². The van der Waals surface area contributed by atoms with E-state index < -0.39 is 0 Å². The molecule has 0 aromatic heterocycles. The second kappa shape index (κ2) is 7.85. The van der Waals surface area contributed by atoms with Crippen LogP contribution in [-0.2, 0) is 6.42 Å². The van der Waals surface area contributed by atoms with Crippen LogP contribution in [0, 0.1) is 0 Å². The van der Waals surface area contributed by atoms with Crippen LogP contribution in [0.4, 0.5) is 0 Å². The van der Waals surface area contributed by atoms with E-state index >= 15 is 0 Å². The van der Waals surface area contributed by atoms with Crippen molar-refractivity contribution in [3.8, 4) is 0 Å². The zero-order valence-electron chi connectivity index (χ0n) is 10.8. The average molecular weight is 299 g/mol. The standard InChI is InChI=1S/C14H23BrN2/c1-3-17(4-2)10-9-14(16)11-12-5-7-13(15)8-6-12/h5-8,14H,3-4,9-11,16H2,1-2H3. The van der Waals surface area contributed by atoms with Crippen LogP contribution in [0.15, 0.2) is 28.7 Å². The first-order chi connectivity index (χ1) is 8.15. The molecule has 96 valence electrons. The average Bonchev–Trinajstić information content (AvgIpc) is 2.33. The fraction of sp³-hybridized carbons (Fsp3) is 0.571. The first-order valence-electron chi connectivity index (χ1n) is 6.38. The van der Waals surface area contributed by atoms with Gasteiger partial charge >= 0.3 is 0 Å². The van der Waals surface area contributed by atoms with Crippen molar-refractivity contribution < 1.29 is 0 Å². The largest absolute Gasteiger partial charge is 0.327 e. The fourth-order valence-electron chi connectivity index (χ4n) is 1.91. The maximum Gasteiger partial charge on any atom is 0.0175 e. The van der Waals surface area contributed by atoms with E-state index in [2.05, 4.69) is 58.9 Å². The van der Waals surface area contributed by atoms with Crippen LogP contribution in [0.5, 0.6) is 0 Å². The van der Waals surface area contributed by atoms with Crippen molar-refractivity contribution in [2.24, 2.45) is 5.73 Å². The van der Waals surface area contributed by atoms with Gasteiger partial charge in [0, 0.05) is 10.5 Å². The van der Waals surface area contributed by atoms with E-state index in [1.165, 1.54) is 5.56 Å². The van der Waals surface area contributed by atoms with Crippen LogP contribution in [-0.4, -0.2) is 30.6 Å². The second-order valence-corrected chi connectivity index (χ2v) is 5.32. The van der Waals surface area contributed by atoms with E-state index in [-0.39, 0.29) is 6.04 Å². The molecule has 1 atom stereocenters. The molecule has 0 amide bonds. The summed E-state index contributed by atoms with van der Waals surface area (Å²) in [6.07, 6.45) is 2.03. The predicted octanol–water partition coefficient (Wildman–Crippen LogP) is 3.05. The molecule has 1 rings (SSSR count). The highest BCUT2D eigenvalue weighted by molar-refractivity contribution is 9.10. The minimum Gasteiger partial charge on any atom is -0.327 e. The van der Waals surface area contributed by atoms with E-state index in [4.69, 9.17) is 5.73 Å². The Labute approximate surface area is 113 Å². The Hall–Kier alpha value is -0.380. The molecule has 0 radical (unpaired) electrons. The molecule has 17 heavy (non-hydrogen) atoms. The van der Waals surface area contributed by atoms with Crippen molar-refractivity contribution in [2.45, 2.75) is 32.7 Å². The Balaban J connectivity index is 2.34. The van der Waals surface area contributed by atoms with Gasteiger partial charge < -0.3 is 10.6 Å². The molecule has 0 heterocycles. The normalized spacial score (nSPS) is 13.0. The Bertz CT molecular complexity index is 307. The highest BCUT2D eigenvalue weighted by atomic mass is 79.9. The summed E-state index contributed by atoms with van der Waals surface area (Å²) in [5.41, 5.74) is 7.48. The van der Waals surface area contributed by atoms with Gasteiger partial charge in [-0.25, -0.2) is 0 Å².